The molecule has 1 aliphatic heterocycles. The number of ketones is 1. The monoisotopic (exact) mass is 672 g/mol. The maximum atomic E-state index is 16.0. The summed E-state index contributed by atoms with van der Waals surface area (Å²) in [5, 5.41) is 10.5. The maximum absolute atomic E-state index is 16.0. The number of ether oxygens (including phenoxy) is 1. The summed E-state index contributed by atoms with van der Waals surface area (Å²) in [6.45, 7) is 2.36. The Hall–Kier alpha value is -4.06. The number of hydrogen-bond acceptors (Lipinski definition) is 6. The largest absolute Gasteiger partial charge is 0.434 e. The van der Waals surface area contributed by atoms with Gasteiger partial charge in [-0.05, 0) is 68.1 Å². The number of carbonyl (C=O) groups is 5. The van der Waals surface area contributed by atoms with E-state index in [0.717, 1.165) is 31.7 Å². The zero-order valence-electron chi connectivity index (χ0n) is 26.0. The molecule has 1 unspecified atom stereocenters. The minimum atomic E-state index is -3.71. The summed E-state index contributed by atoms with van der Waals surface area (Å²) in [7, 11) is 0. The van der Waals surface area contributed by atoms with Crippen LogP contribution in [0.2, 0.25) is 5.02 Å². The summed E-state index contributed by atoms with van der Waals surface area (Å²) >= 11 is 6.00. The van der Waals surface area contributed by atoms with Crippen molar-refractivity contribution < 1.29 is 37.5 Å². The molecule has 1 saturated heterocycles. The lowest BCUT2D eigenvalue weighted by Crippen LogP contribution is -2.55. The van der Waals surface area contributed by atoms with E-state index in [1.54, 1.807) is 6.07 Å². The number of carbonyl (C=O) groups excluding carboxylic acids is 5. The van der Waals surface area contributed by atoms with Gasteiger partial charge in [0.1, 0.15) is 6.04 Å². The van der Waals surface area contributed by atoms with Crippen LogP contribution in [0.4, 0.5) is 13.6 Å². The zero-order chi connectivity index (χ0) is 33.8. The van der Waals surface area contributed by atoms with E-state index in [9.17, 15) is 24.0 Å². The van der Waals surface area contributed by atoms with Crippen molar-refractivity contribution >= 4 is 41.2 Å². The van der Waals surface area contributed by atoms with Crippen molar-refractivity contribution in [1.29, 1.82) is 0 Å². The Bertz CT molecular complexity index is 1500. The average Bonchev–Trinajstić information content (AvgIpc) is 3.99. The Balaban J connectivity index is 1.36. The molecule has 4 atom stereocenters. The Morgan fingerprint density at radius 3 is 2.34 bits per heavy atom. The first-order chi connectivity index (χ1) is 22.4. The van der Waals surface area contributed by atoms with E-state index >= 15 is 8.78 Å². The van der Waals surface area contributed by atoms with Gasteiger partial charge < -0.3 is 26.0 Å². The van der Waals surface area contributed by atoms with Gasteiger partial charge in [-0.3, -0.25) is 19.2 Å². The predicted molar refractivity (Wildman–Crippen MR) is 168 cm³/mol. The van der Waals surface area contributed by atoms with Crippen LogP contribution in [0.15, 0.2) is 54.6 Å². The normalized spacial score (nSPS) is 20.3. The predicted octanol–water partition coefficient (Wildman–Crippen LogP) is 4.71. The Morgan fingerprint density at radius 2 is 1.74 bits per heavy atom. The van der Waals surface area contributed by atoms with E-state index < -0.39 is 59.3 Å². The Kier molecular flexibility index (Phi) is 10.5. The second-order valence-electron chi connectivity index (χ2n) is 12.8. The third kappa shape index (κ3) is 8.65. The van der Waals surface area contributed by atoms with Gasteiger partial charge in [0.15, 0.2) is 6.10 Å². The van der Waals surface area contributed by atoms with Gasteiger partial charge in [0.05, 0.1) is 6.04 Å². The summed E-state index contributed by atoms with van der Waals surface area (Å²) in [4.78, 5) is 65.5. The fourth-order valence-electron chi connectivity index (χ4n) is 5.93. The Labute approximate surface area is 276 Å². The van der Waals surface area contributed by atoms with Crippen molar-refractivity contribution in [2.45, 2.75) is 88.4 Å². The minimum Gasteiger partial charge on any atom is -0.434 e. The highest BCUT2D eigenvalue weighted by Gasteiger charge is 2.48. The highest BCUT2D eigenvalue weighted by molar-refractivity contribution is 6.38. The lowest BCUT2D eigenvalue weighted by molar-refractivity contribution is -0.141. The van der Waals surface area contributed by atoms with Crippen LogP contribution in [0.25, 0.3) is 0 Å². The van der Waals surface area contributed by atoms with Gasteiger partial charge in [-0.1, -0.05) is 67.4 Å². The molecule has 0 spiro atoms. The van der Waals surface area contributed by atoms with Crippen molar-refractivity contribution in [1.82, 2.24) is 21.3 Å². The smallest absolute Gasteiger partial charge is 0.408 e. The molecule has 0 aromatic heterocycles. The van der Waals surface area contributed by atoms with Crippen LogP contribution in [0.5, 0.6) is 0 Å². The van der Waals surface area contributed by atoms with Crippen LogP contribution in [0.3, 0.4) is 0 Å². The molecule has 4 N–H and O–H groups in total. The molecule has 2 saturated carbocycles. The highest BCUT2D eigenvalue weighted by Crippen LogP contribution is 2.52. The molecule has 4 amide bonds. The third-order valence-corrected chi connectivity index (χ3v) is 9.51. The van der Waals surface area contributed by atoms with Gasteiger partial charge in [-0.25, -0.2) is 4.79 Å². The first-order valence-electron chi connectivity index (χ1n) is 16.0. The fraction of sp³-hybridized carbons (Fsp3) is 0.500. The molecule has 10 nitrogen and oxygen atoms in total. The van der Waals surface area contributed by atoms with Crippen LogP contribution < -0.4 is 21.3 Å². The first-order valence-corrected chi connectivity index (χ1v) is 16.4. The number of rotatable bonds is 15. The number of nitrogens with one attached hydrogen (secondary N) is 4. The first kappa shape index (κ1) is 34.3. The number of amides is 4. The van der Waals surface area contributed by atoms with Crippen molar-refractivity contribution in [3.8, 4) is 0 Å². The molecule has 0 bridgehead atoms. The average molecular weight is 673 g/mol. The summed E-state index contributed by atoms with van der Waals surface area (Å²) in [5.41, 5.74) is -0.721. The highest BCUT2D eigenvalue weighted by atomic mass is 35.5. The van der Waals surface area contributed by atoms with Crippen molar-refractivity contribution in [3.63, 3.8) is 0 Å². The number of alkyl halides is 2. The fourth-order valence-corrected chi connectivity index (χ4v) is 6.12. The molecule has 1 heterocycles. The van der Waals surface area contributed by atoms with Crippen LogP contribution >= 0.6 is 11.6 Å². The quantitative estimate of drug-likeness (QED) is 0.202. The van der Waals surface area contributed by atoms with E-state index in [4.69, 9.17) is 16.3 Å². The molecule has 47 heavy (non-hydrogen) atoms. The Morgan fingerprint density at radius 1 is 1.02 bits per heavy atom. The van der Waals surface area contributed by atoms with Gasteiger partial charge in [0.2, 0.25) is 17.6 Å². The molecule has 2 aliphatic carbocycles. The molecule has 2 aromatic rings. The number of alkyl carbamates (subject to hydrolysis) is 1. The summed E-state index contributed by atoms with van der Waals surface area (Å²) < 4.78 is 37.4. The molecule has 0 radical (unpaired) electrons. The molecule has 13 heteroatoms. The van der Waals surface area contributed by atoms with Gasteiger partial charge in [-0.15, -0.1) is 0 Å². The maximum Gasteiger partial charge on any atom is 0.408 e. The van der Waals surface area contributed by atoms with Gasteiger partial charge >= 0.3 is 12.0 Å². The molecular weight excluding hydrogens is 634 g/mol. The van der Waals surface area contributed by atoms with Crippen LogP contribution in [0, 0.1) is 11.3 Å². The SMILES string of the molecule is CCC1(C[C@H](NC(=O)OC(c2ccccc2)C(F)(F)c2cccc(Cl)c2)C(=O)N[C@@H](C[C@@H]2CCNC2=O)C(=O)C(=O)NC2CC2)CC1. The topological polar surface area (TPSA) is 143 Å². The zero-order valence-corrected chi connectivity index (χ0v) is 26.8. The van der Waals surface area contributed by atoms with E-state index in [1.807, 2.05) is 6.92 Å². The molecule has 3 aliphatic rings. The molecule has 252 valence electrons. The number of halogens is 3. The standard InChI is InChI=1S/C34H39ClF2N4O6/c1-2-33(14-15-33)19-26(30(44)40-25(17-21-13-16-38-29(21)43)27(42)31(45)39-24-11-12-24)41-32(46)47-28(20-7-4-3-5-8-20)34(36,37)22-9-6-10-23(35)18-22/h3-10,18,21,24-26,28H,2,11-17,19H2,1H3,(H,38,43)(H,39,45)(H,40,44)(H,41,46)/t21-,25-,26-,28?/m0/s1. The summed E-state index contributed by atoms with van der Waals surface area (Å²) in [6.07, 6.45) is 0.902. The molecule has 5 rings (SSSR count). The second-order valence-corrected chi connectivity index (χ2v) is 13.2. The van der Waals surface area contributed by atoms with E-state index in [2.05, 4.69) is 21.3 Å². The van der Waals surface area contributed by atoms with Gasteiger partial charge in [0, 0.05) is 29.1 Å². The van der Waals surface area contributed by atoms with Gasteiger partial charge in [-0.2, -0.15) is 8.78 Å². The van der Waals surface area contributed by atoms with Crippen molar-refractivity contribution in [2.75, 3.05) is 6.54 Å². The van der Waals surface area contributed by atoms with Crippen LogP contribution in [-0.4, -0.2) is 54.3 Å². The second kappa shape index (κ2) is 14.4. The van der Waals surface area contributed by atoms with Crippen molar-refractivity contribution in [3.05, 3.63) is 70.7 Å². The van der Waals surface area contributed by atoms with Crippen LogP contribution in [-0.2, 0) is 29.8 Å². The van der Waals surface area contributed by atoms with E-state index in [1.165, 1.54) is 42.5 Å². The van der Waals surface area contributed by atoms with Gasteiger partial charge in [0.25, 0.3) is 5.91 Å². The van der Waals surface area contributed by atoms with E-state index in [-0.39, 0.29) is 40.8 Å². The lowest BCUT2D eigenvalue weighted by atomic mass is 9.92. The van der Waals surface area contributed by atoms with Crippen molar-refractivity contribution in [2.24, 2.45) is 11.3 Å². The van der Waals surface area contributed by atoms with E-state index in [0.29, 0.717) is 19.4 Å². The number of benzene rings is 2. The molecule has 3 fully saturated rings. The summed E-state index contributed by atoms with van der Waals surface area (Å²) in [5.74, 6) is -7.13. The van der Waals surface area contributed by atoms with Crippen LogP contribution in [0.1, 0.15) is 75.5 Å². The number of Topliss-reactive ketones (excluding diaryl/α,β-unsaturated/α-hetero) is 1. The lowest BCUT2D eigenvalue weighted by Gasteiger charge is -2.30. The molecule has 2 aromatic carbocycles. The third-order valence-electron chi connectivity index (χ3n) is 9.27. The number of hydrogen-bond donors (Lipinski definition) is 4. The molecular formula is C34H39ClF2N4O6. The summed E-state index contributed by atoms with van der Waals surface area (Å²) in [6, 6.07) is 9.87. The minimum absolute atomic E-state index is 0.0167.